The van der Waals surface area contributed by atoms with E-state index in [1.54, 1.807) is 4.90 Å². The van der Waals surface area contributed by atoms with Crippen LogP contribution < -0.4 is 4.74 Å². The van der Waals surface area contributed by atoms with Crippen molar-refractivity contribution in [1.82, 2.24) is 4.90 Å². The normalized spacial score (nSPS) is 27.5. The Morgan fingerprint density at radius 1 is 1.40 bits per heavy atom. The molecule has 6 heteroatoms. The smallest absolute Gasteiger partial charge is 0.266 e. The number of rotatable bonds is 3. The molecule has 0 radical (unpaired) electrons. The van der Waals surface area contributed by atoms with Gasteiger partial charge in [-0.25, -0.2) is 0 Å². The Hall–Kier alpha value is -1.63. The summed E-state index contributed by atoms with van der Waals surface area (Å²) in [6, 6.07) is 7.91. The number of ether oxygens (including phenoxy) is 2. The molecule has 2 atom stereocenters. The first-order chi connectivity index (χ1) is 12.1. The van der Waals surface area contributed by atoms with Crippen molar-refractivity contribution >= 4 is 40.3 Å². The summed E-state index contributed by atoms with van der Waals surface area (Å²) in [4.78, 5) is 15.1. The molecule has 2 fully saturated rings. The highest BCUT2D eigenvalue weighted by Crippen LogP contribution is 2.36. The van der Waals surface area contributed by atoms with Crippen LogP contribution in [0.4, 0.5) is 0 Å². The minimum absolute atomic E-state index is 0.0301. The maximum atomic E-state index is 12.8. The van der Waals surface area contributed by atoms with E-state index in [1.165, 1.54) is 11.8 Å². The molecule has 0 saturated carbocycles. The van der Waals surface area contributed by atoms with Gasteiger partial charge in [-0.2, -0.15) is 0 Å². The number of amides is 1. The third-order valence-electron chi connectivity index (χ3n) is 4.60. The van der Waals surface area contributed by atoms with Gasteiger partial charge in [0.15, 0.2) is 0 Å². The molecule has 2 unspecified atom stereocenters. The second-order valence-electron chi connectivity index (χ2n) is 6.37. The van der Waals surface area contributed by atoms with Gasteiger partial charge in [0.25, 0.3) is 5.91 Å². The van der Waals surface area contributed by atoms with Gasteiger partial charge in [0.2, 0.25) is 0 Å². The van der Waals surface area contributed by atoms with Crippen molar-refractivity contribution in [2.75, 3.05) is 13.2 Å². The number of carbonyl (C=O) groups is 1. The van der Waals surface area contributed by atoms with Crippen LogP contribution in [0, 0.1) is 0 Å². The Morgan fingerprint density at radius 3 is 3.04 bits per heavy atom. The predicted octanol–water partition coefficient (Wildman–Crippen LogP) is 3.77. The molecular formula is C19H19NO3S2. The SMILES string of the molecule is CC1Oc2ccccc2C=C1/C=C1\SC(=S)N(CC2CCCO2)C1=O. The predicted molar refractivity (Wildman–Crippen MR) is 103 cm³/mol. The van der Waals surface area contributed by atoms with Crippen molar-refractivity contribution in [1.29, 1.82) is 0 Å². The van der Waals surface area contributed by atoms with Crippen molar-refractivity contribution in [3.05, 3.63) is 46.4 Å². The summed E-state index contributed by atoms with van der Waals surface area (Å²) < 4.78 is 12.2. The number of carbonyl (C=O) groups excluding carboxylic acids is 1. The van der Waals surface area contributed by atoms with E-state index in [4.69, 9.17) is 21.7 Å². The lowest BCUT2D eigenvalue weighted by atomic mass is 10.0. The second kappa shape index (κ2) is 6.94. The molecule has 130 valence electrons. The molecule has 3 heterocycles. The van der Waals surface area contributed by atoms with Crippen LogP contribution in [0.25, 0.3) is 6.08 Å². The number of benzene rings is 1. The van der Waals surface area contributed by atoms with Gasteiger partial charge in [-0.3, -0.25) is 9.69 Å². The Labute approximate surface area is 156 Å². The topological polar surface area (TPSA) is 38.8 Å². The molecular weight excluding hydrogens is 354 g/mol. The summed E-state index contributed by atoms with van der Waals surface area (Å²) in [5, 5.41) is 0. The first kappa shape index (κ1) is 16.8. The number of hydrogen-bond acceptors (Lipinski definition) is 5. The van der Waals surface area contributed by atoms with Gasteiger partial charge >= 0.3 is 0 Å². The van der Waals surface area contributed by atoms with Gasteiger partial charge < -0.3 is 9.47 Å². The van der Waals surface area contributed by atoms with Gasteiger partial charge in [-0.05, 0) is 43.6 Å². The fourth-order valence-corrected chi connectivity index (χ4v) is 4.50. The maximum Gasteiger partial charge on any atom is 0.266 e. The van der Waals surface area contributed by atoms with E-state index in [1.807, 2.05) is 37.3 Å². The molecule has 1 aromatic carbocycles. The summed E-state index contributed by atoms with van der Waals surface area (Å²) >= 11 is 6.77. The van der Waals surface area contributed by atoms with Gasteiger partial charge in [0.05, 0.1) is 17.6 Å². The number of hydrogen-bond donors (Lipinski definition) is 0. The van der Waals surface area contributed by atoms with E-state index in [-0.39, 0.29) is 18.1 Å². The Bertz CT molecular complexity index is 781. The van der Waals surface area contributed by atoms with Gasteiger partial charge in [-0.15, -0.1) is 0 Å². The number of thiocarbonyl (C=S) groups is 1. The molecule has 0 bridgehead atoms. The van der Waals surface area contributed by atoms with Gasteiger partial charge in [-0.1, -0.05) is 42.2 Å². The minimum atomic E-state index is -0.100. The molecule has 2 saturated heterocycles. The lowest BCUT2D eigenvalue weighted by Crippen LogP contribution is -2.35. The Kier molecular flexibility index (Phi) is 4.67. The van der Waals surface area contributed by atoms with E-state index in [0.717, 1.165) is 36.3 Å². The zero-order chi connectivity index (χ0) is 17.4. The summed E-state index contributed by atoms with van der Waals surface area (Å²) in [5.74, 6) is 0.843. The summed E-state index contributed by atoms with van der Waals surface area (Å²) in [5.41, 5.74) is 2.01. The zero-order valence-electron chi connectivity index (χ0n) is 13.9. The molecule has 4 rings (SSSR count). The fraction of sp³-hybridized carbons (Fsp3) is 0.368. The van der Waals surface area contributed by atoms with Crippen LogP contribution in [0.2, 0.25) is 0 Å². The molecule has 0 spiro atoms. The first-order valence-corrected chi connectivity index (χ1v) is 9.68. The maximum absolute atomic E-state index is 12.8. The molecule has 0 aromatic heterocycles. The van der Waals surface area contributed by atoms with Crippen molar-refractivity contribution in [3.63, 3.8) is 0 Å². The average molecular weight is 373 g/mol. The molecule has 25 heavy (non-hydrogen) atoms. The van der Waals surface area contributed by atoms with E-state index >= 15 is 0 Å². The monoisotopic (exact) mass is 373 g/mol. The molecule has 0 aliphatic carbocycles. The van der Waals surface area contributed by atoms with Gasteiger partial charge in [0, 0.05) is 12.2 Å². The summed E-state index contributed by atoms with van der Waals surface area (Å²) in [7, 11) is 0. The van der Waals surface area contributed by atoms with Crippen LogP contribution in [0.5, 0.6) is 5.75 Å². The number of thioether (sulfide) groups is 1. The highest BCUT2D eigenvalue weighted by atomic mass is 32.2. The number of nitrogens with zero attached hydrogens (tertiary/aromatic N) is 1. The molecule has 3 aliphatic rings. The Balaban J connectivity index is 1.56. The molecule has 4 nitrogen and oxygen atoms in total. The van der Waals surface area contributed by atoms with Crippen LogP contribution in [0.15, 0.2) is 40.8 Å². The number of fused-ring (bicyclic) bond motifs is 1. The van der Waals surface area contributed by atoms with Crippen molar-refractivity contribution in [2.45, 2.75) is 32.0 Å². The largest absolute Gasteiger partial charge is 0.485 e. The van der Waals surface area contributed by atoms with Crippen molar-refractivity contribution < 1.29 is 14.3 Å². The highest BCUT2D eigenvalue weighted by molar-refractivity contribution is 8.26. The summed E-state index contributed by atoms with van der Waals surface area (Å²) in [6.07, 6.45) is 6.03. The van der Waals surface area contributed by atoms with Crippen LogP contribution >= 0.6 is 24.0 Å². The average Bonchev–Trinajstić information content (AvgIpc) is 3.20. The van der Waals surface area contributed by atoms with E-state index in [2.05, 4.69) is 6.08 Å². The van der Waals surface area contributed by atoms with E-state index in [0.29, 0.717) is 15.8 Å². The van der Waals surface area contributed by atoms with Crippen LogP contribution in [0.1, 0.15) is 25.3 Å². The van der Waals surface area contributed by atoms with Crippen LogP contribution in [0.3, 0.4) is 0 Å². The van der Waals surface area contributed by atoms with Gasteiger partial charge in [0.1, 0.15) is 16.2 Å². The first-order valence-electron chi connectivity index (χ1n) is 8.46. The molecule has 0 N–H and O–H groups in total. The number of para-hydroxylation sites is 1. The molecule has 1 aromatic rings. The fourth-order valence-electron chi connectivity index (χ4n) is 3.22. The van der Waals surface area contributed by atoms with Crippen molar-refractivity contribution in [2.24, 2.45) is 0 Å². The summed E-state index contributed by atoms with van der Waals surface area (Å²) in [6.45, 7) is 3.32. The van der Waals surface area contributed by atoms with Crippen LogP contribution in [-0.4, -0.2) is 40.5 Å². The third kappa shape index (κ3) is 3.38. The second-order valence-corrected chi connectivity index (χ2v) is 8.05. The minimum Gasteiger partial charge on any atom is -0.485 e. The lowest BCUT2D eigenvalue weighted by Gasteiger charge is -2.23. The van der Waals surface area contributed by atoms with E-state index < -0.39 is 0 Å². The third-order valence-corrected chi connectivity index (χ3v) is 5.97. The molecule has 1 amide bonds. The van der Waals surface area contributed by atoms with Crippen molar-refractivity contribution in [3.8, 4) is 5.75 Å². The highest BCUT2D eigenvalue weighted by Gasteiger charge is 2.35. The lowest BCUT2D eigenvalue weighted by molar-refractivity contribution is -0.123. The quantitative estimate of drug-likeness (QED) is 0.596. The standard InChI is InChI=1S/C19H19NO3S2/c1-12-14(9-13-5-2-3-7-16(13)23-12)10-17-18(21)20(19(24)25-17)11-15-6-4-8-22-15/h2-3,5,7,9-10,12,15H,4,6,8,11H2,1H3/b17-10-. The van der Waals surface area contributed by atoms with E-state index in [9.17, 15) is 4.79 Å². The van der Waals surface area contributed by atoms with Crippen LogP contribution in [-0.2, 0) is 9.53 Å². The Morgan fingerprint density at radius 2 is 2.24 bits per heavy atom. The molecule has 3 aliphatic heterocycles. The zero-order valence-corrected chi connectivity index (χ0v) is 15.6.